The summed E-state index contributed by atoms with van der Waals surface area (Å²) in [6.07, 6.45) is 1.62. The van der Waals surface area contributed by atoms with Crippen molar-refractivity contribution in [1.82, 2.24) is 19.9 Å². The van der Waals surface area contributed by atoms with Gasteiger partial charge in [0.2, 0.25) is 0 Å². The second-order valence-electron chi connectivity index (χ2n) is 7.96. The monoisotopic (exact) mass is 519 g/mol. The number of aliphatic hydroxyl groups excluding tert-OH is 1. The van der Waals surface area contributed by atoms with Crippen molar-refractivity contribution in [3.63, 3.8) is 0 Å². The van der Waals surface area contributed by atoms with E-state index in [-0.39, 0.29) is 11.3 Å². The predicted octanol–water partition coefficient (Wildman–Crippen LogP) is 1.93. The van der Waals surface area contributed by atoms with Gasteiger partial charge in [0.05, 0.1) is 33.6 Å². The molecule has 2 aromatic heterocycles. The van der Waals surface area contributed by atoms with E-state index in [0.29, 0.717) is 28.5 Å². The molecule has 0 saturated carbocycles. The molecule has 0 radical (unpaired) electrons. The molecule has 0 aliphatic carbocycles. The Kier molecular flexibility index (Phi) is 7.83. The van der Waals surface area contributed by atoms with E-state index < -0.39 is 30.4 Å². The zero-order valence-electron chi connectivity index (χ0n) is 20.8. The Morgan fingerprint density at radius 3 is 2.34 bits per heavy atom. The first-order chi connectivity index (χ1) is 18.4. The minimum absolute atomic E-state index is 0.135. The third kappa shape index (κ3) is 5.39. The van der Waals surface area contributed by atoms with E-state index in [4.69, 9.17) is 9.47 Å². The van der Waals surface area contributed by atoms with Crippen LogP contribution >= 0.6 is 0 Å². The smallest absolute Gasteiger partial charge is 0.330 e. The van der Waals surface area contributed by atoms with Gasteiger partial charge >= 0.3 is 5.97 Å². The van der Waals surface area contributed by atoms with Gasteiger partial charge in [-0.25, -0.2) is 14.3 Å². The average molecular weight is 520 g/mol. The van der Waals surface area contributed by atoms with Crippen LogP contribution in [0.25, 0.3) is 16.9 Å². The first-order valence-corrected chi connectivity index (χ1v) is 11.4. The van der Waals surface area contributed by atoms with Gasteiger partial charge < -0.3 is 30.0 Å². The molecular formula is C26H25N5O7. The second kappa shape index (κ2) is 11.4. The molecule has 12 heteroatoms. The summed E-state index contributed by atoms with van der Waals surface area (Å²) >= 11 is 0. The Hall–Kier alpha value is -4.97. The van der Waals surface area contributed by atoms with E-state index in [9.17, 15) is 19.5 Å². The quantitative estimate of drug-likeness (QED) is 0.282. The molecule has 0 saturated heterocycles. The van der Waals surface area contributed by atoms with E-state index in [0.717, 1.165) is 12.7 Å². The molecule has 0 unspecified atom stereocenters. The largest absolute Gasteiger partial charge is 0.493 e. The van der Waals surface area contributed by atoms with E-state index >= 15 is 0 Å². The third-order valence-electron chi connectivity index (χ3n) is 5.65. The zero-order valence-corrected chi connectivity index (χ0v) is 20.8. The fraction of sp³-hybridized carbons (Fsp3) is 0.192. The molecule has 196 valence electrons. The summed E-state index contributed by atoms with van der Waals surface area (Å²) in [7, 11) is 4.26. The van der Waals surface area contributed by atoms with Gasteiger partial charge in [-0.1, -0.05) is 0 Å². The van der Waals surface area contributed by atoms with Gasteiger partial charge in [0.15, 0.2) is 28.9 Å². The number of hydrogen-bond donors (Lipinski definition) is 3. The number of aliphatic hydroxyl groups is 1. The molecule has 1 atom stereocenters. The Balaban J connectivity index is 1.51. The Morgan fingerprint density at radius 1 is 0.947 bits per heavy atom. The lowest BCUT2D eigenvalue weighted by Gasteiger charge is -2.14. The third-order valence-corrected chi connectivity index (χ3v) is 5.65. The number of ether oxygens (including phenoxy) is 3. The molecule has 0 aliphatic rings. The fourth-order valence-electron chi connectivity index (χ4n) is 3.68. The summed E-state index contributed by atoms with van der Waals surface area (Å²) in [4.78, 5) is 41.2. The molecule has 2 heterocycles. The maximum Gasteiger partial charge on any atom is 0.330 e. The van der Waals surface area contributed by atoms with Crippen LogP contribution in [-0.2, 0) is 9.53 Å². The van der Waals surface area contributed by atoms with Crippen LogP contribution in [0.15, 0.2) is 60.8 Å². The number of amides is 2. The number of benzene rings is 2. The summed E-state index contributed by atoms with van der Waals surface area (Å²) in [5.74, 6) is -0.684. The highest BCUT2D eigenvalue weighted by molar-refractivity contribution is 6.04. The average Bonchev–Trinajstić information content (AvgIpc) is 3.40. The first-order valence-electron chi connectivity index (χ1n) is 11.4. The molecule has 3 N–H and O–H groups in total. The maximum atomic E-state index is 12.9. The molecule has 0 spiro atoms. The molecular weight excluding hydrogens is 494 g/mol. The molecule has 4 aromatic rings. The van der Waals surface area contributed by atoms with Crippen molar-refractivity contribution in [2.75, 3.05) is 33.3 Å². The maximum absolute atomic E-state index is 12.9. The Labute approximate surface area is 217 Å². The summed E-state index contributed by atoms with van der Waals surface area (Å²) in [5, 5.41) is 18.8. The van der Waals surface area contributed by atoms with Gasteiger partial charge in [-0.2, -0.15) is 5.10 Å². The lowest BCUT2D eigenvalue weighted by atomic mass is 10.1. The summed E-state index contributed by atoms with van der Waals surface area (Å²) in [6.45, 7) is -0.603. The van der Waals surface area contributed by atoms with Crippen molar-refractivity contribution < 1.29 is 33.7 Å². The predicted molar refractivity (Wildman–Crippen MR) is 136 cm³/mol. The number of carbonyl (C=O) groups excluding carboxylic acids is 3. The Morgan fingerprint density at radius 2 is 1.68 bits per heavy atom. The minimum atomic E-state index is -1.18. The van der Waals surface area contributed by atoms with Gasteiger partial charge in [0, 0.05) is 29.1 Å². The van der Waals surface area contributed by atoms with Crippen molar-refractivity contribution in [1.29, 1.82) is 0 Å². The van der Waals surface area contributed by atoms with E-state index in [1.54, 1.807) is 49.2 Å². The molecule has 2 amide bonds. The molecule has 0 fully saturated rings. The van der Waals surface area contributed by atoms with Crippen LogP contribution < -0.4 is 20.1 Å². The number of anilines is 1. The molecule has 0 bridgehead atoms. The number of nitrogens with zero attached hydrogens (tertiary/aromatic N) is 3. The fourth-order valence-corrected chi connectivity index (χ4v) is 3.68. The normalized spacial score (nSPS) is 11.5. The van der Waals surface area contributed by atoms with Crippen LogP contribution in [0.5, 0.6) is 11.5 Å². The molecule has 12 nitrogen and oxygen atoms in total. The number of carbonyl (C=O) groups is 3. The number of esters is 1. The number of aromatic nitrogens is 3. The van der Waals surface area contributed by atoms with Crippen molar-refractivity contribution in [3.8, 4) is 22.8 Å². The molecule has 4 rings (SSSR count). The number of rotatable bonds is 9. The van der Waals surface area contributed by atoms with Crippen LogP contribution in [0.3, 0.4) is 0 Å². The van der Waals surface area contributed by atoms with Crippen LogP contribution in [0.4, 0.5) is 5.69 Å². The van der Waals surface area contributed by atoms with E-state index in [2.05, 4.69) is 25.5 Å². The van der Waals surface area contributed by atoms with Crippen LogP contribution in [0.2, 0.25) is 0 Å². The lowest BCUT2D eigenvalue weighted by molar-refractivity contribution is -0.143. The van der Waals surface area contributed by atoms with Gasteiger partial charge in [0.25, 0.3) is 11.8 Å². The van der Waals surface area contributed by atoms with Crippen molar-refractivity contribution in [2.24, 2.45) is 0 Å². The summed E-state index contributed by atoms with van der Waals surface area (Å²) in [6, 6.07) is 13.6. The SMILES string of the molecule is COC(=O)[C@H](CO)NC(=O)c1ccc(NC(=O)c2cc3nccc(-c4ccc(OC)c(OC)c4)n3n2)cc1. The van der Waals surface area contributed by atoms with E-state index in [1.165, 1.54) is 24.3 Å². The number of hydrogen-bond acceptors (Lipinski definition) is 9. The highest BCUT2D eigenvalue weighted by atomic mass is 16.5. The highest BCUT2D eigenvalue weighted by Gasteiger charge is 2.21. The van der Waals surface area contributed by atoms with Gasteiger partial charge in [-0.3, -0.25) is 9.59 Å². The number of methoxy groups -OCH3 is 3. The van der Waals surface area contributed by atoms with Gasteiger partial charge in [-0.15, -0.1) is 0 Å². The number of nitrogens with one attached hydrogen (secondary N) is 2. The second-order valence-corrected chi connectivity index (χ2v) is 7.96. The van der Waals surface area contributed by atoms with Crippen LogP contribution in [-0.4, -0.2) is 71.5 Å². The van der Waals surface area contributed by atoms with Crippen LogP contribution in [0.1, 0.15) is 20.8 Å². The standard InChI is InChI=1S/C26H25N5O7/c1-36-21-9-6-16(12-22(21)37-2)20-10-11-27-23-13-18(30-31(20)23)25(34)28-17-7-4-15(5-8-17)24(33)29-19(14-32)26(35)38-3/h4-13,19,32H,14H2,1-3H3,(H,28,34)(H,29,33)/t19-/m0/s1. The minimum Gasteiger partial charge on any atom is -0.493 e. The van der Waals surface area contributed by atoms with E-state index in [1.807, 2.05) is 6.07 Å². The molecule has 2 aromatic carbocycles. The lowest BCUT2D eigenvalue weighted by Crippen LogP contribution is -2.44. The molecule has 38 heavy (non-hydrogen) atoms. The number of fused-ring (bicyclic) bond motifs is 1. The van der Waals surface area contributed by atoms with Crippen molar-refractivity contribution in [3.05, 3.63) is 72.1 Å². The van der Waals surface area contributed by atoms with Gasteiger partial charge in [-0.05, 0) is 48.5 Å². The van der Waals surface area contributed by atoms with Crippen molar-refractivity contribution >= 4 is 29.1 Å². The van der Waals surface area contributed by atoms with Gasteiger partial charge in [0.1, 0.15) is 0 Å². The summed E-state index contributed by atoms with van der Waals surface area (Å²) < 4.78 is 16.8. The van der Waals surface area contributed by atoms with Crippen molar-refractivity contribution in [2.45, 2.75) is 6.04 Å². The highest BCUT2D eigenvalue weighted by Crippen LogP contribution is 2.32. The zero-order chi connectivity index (χ0) is 27.2. The van der Waals surface area contributed by atoms with Crippen LogP contribution in [0, 0.1) is 0 Å². The summed E-state index contributed by atoms with van der Waals surface area (Å²) in [5.41, 5.74) is 2.73. The molecule has 0 aliphatic heterocycles. The Bertz CT molecular complexity index is 1480. The topological polar surface area (TPSA) is 153 Å². The first kappa shape index (κ1) is 26.1.